The number of rotatable bonds is 3. The molecule has 0 aromatic heterocycles. The summed E-state index contributed by atoms with van der Waals surface area (Å²) in [5.41, 5.74) is 0.479. The average Bonchev–Trinajstić information content (AvgIpc) is 2.48. The molecule has 2 N–H and O–H groups in total. The van der Waals surface area contributed by atoms with Crippen molar-refractivity contribution in [3.8, 4) is 11.5 Å². The number of piperazine rings is 1. The summed E-state index contributed by atoms with van der Waals surface area (Å²) in [6.45, 7) is 3.27. The van der Waals surface area contributed by atoms with Crippen molar-refractivity contribution in [3.63, 3.8) is 0 Å². The summed E-state index contributed by atoms with van der Waals surface area (Å²) in [6.07, 6.45) is 0. The second-order valence-electron chi connectivity index (χ2n) is 4.61. The Hall–Kier alpha value is -1.51. The van der Waals surface area contributed by atoms with Crippen LogP contribution in [0.3, 0.4) is 0 Å². The third kappa shape index (κ3) is 2.82. The number of nitrogens with zero attached hydrogens (tertiary/aromatic N) is 1. The first-order chi connectivity index (χ1) is 9.65. The van der Waals surface area contributed by atoms with Gasteiger partial charge in [0.15, 0.2) is 11.5 Å². The Bertz CT molecular complexity index is 584. The number of ether oxygens (including phenoxy) is 2. The van der Waals surface area contributed by atoms with Gasteiger partial charge < -0.3 is 14.8 Å². The van der Waals surface area contributed by atoms with E-state index >= 15 is 0 Å². The molecule has 0 unspecified atom stereocenters. The third-order valence-electron chi connectivity index (χ3n) is 3.20. The summed E-state index contributed by atoms with van der Waals surface area (Å²) in [5.74, 6) is 1.21. The number of nitrogens with one attached hydrogen (secondary N) is 2. The number of benzene rings is 1. The zero-order valence-electron chi connectivity index (χ0n) is 11.0. The zero-order chi connectivity index (χ0) is 14.0. The minimum Gasteiger partial charge on any atom is -0.486 e. The van der Waals surface area contributed by atoms with Crippen LogP contribution < -0.4 is 19.5 Å². The van der Waals surface area contributed by atoms with Crippen LogP contribution in [-0.2, 0) is 10.2 Å². The molecule has 1 fully saturated rings. The van der Waals surface area contributed by atoms with Gasteiger partial charge in [0.05, 0.1) is 5.69 Å². The van der Waals surface area contributed by atoms with E-state index in [1.54, 1.807) is 18.2 Å². The Morgan fingerprint density at radius 3 is 2.55 bits per heavy atom. The summed E-state index contributed by atoms with van der Waals surface area (Å²) in [4.78, 5) is 0. The van der Waals surface area contributed by atoms with E-state index in [1.165, 1.54) is 4.31 Å². The molecule has 110 valence electrons. The van der Waals surface area contributed by atoms with Crippen LogP contribution in [0.2, 0.25) is 0 Å². The molecular weight excluding hydrogens is 282 g/mol. The molecule has 0 radical (unpaired) electrons. The second kappa shape index (κ2) is 5.47. The molecule has 2 aliphatic heterocycles. The number of hydrogen-bond acceptors (Lipinski definition) is 5. The molecule has 20 heavy (non-hydrogen) atoms. The maximum atomic E-state index is 12.2. The standard InChI is InChI=1S/C12H17N3O4S/c16-20(17,15-5-3-13-4-6-15)14-10-1-2-11-12(9-10)19-8-7-18-11/h1-2,9,13-14H,3-8H2. The number of fused-ring (bicyclic) bond motifs is 1. The maximum Gasteiger partial charge on any atom is 0.301 e. The lowest BCUT2D eigenvalue weighted by molar-refractivity contribution is 0.171. The fraction of sp³-hybridized carbons (Fsp3) is 0.500. The smallest absolute Gasteiger partial charge is 0.301 e. The van der Waals surface area contributed by atoms with E-state index in [0.717, 1.165) is 0 Å². The molecule has 0 saturated carbocycles. The molecule has 0 atom stereocenters. The van der Waals surface area contributed by atoms with E-state index in [0.29, 0.717) is 56.6 Å². The average molecular weight is 299 g/mol. The van der Waals surface area contributed by atoms with Crippen LogP contribution >= 0.6 is 0 Å². The van der Waals surface area contributed by atoms with E-state index in [1.807, 2.05) is 0 Å². The minimum absolute atomic E-state index is 0.472. The van der Waals surface area contributed by atoms with Crippen molar-refractivity contribution in [1.82, 2.24) is 9.62 Å². The molecule has 8 heteroatoms. The maximum absolute atomic E-state index is 12.2. The topological polar surface area (TPSA) is 79.9 Å². The van der Waals surface area contributed by atoms with Gasteiger partial charge in [0.25, 0.3) is 0 Å². The summed E-state index contributed by atoms with van der Waals surface area (Å²) in [6, 6.07) is 5.03. The van der Waals surface area contributed by atoms with Crippen molar-refractivity contribution in [2.24, 2.45) is 0 Å². The molecule has 1 saturated heterocycles. The van der Waals surface area contributed by atoms with Gasteiger partial charge in [-0.3, -0.25) is 4.72 Å². The van der Waals surface area contributed by atoms with Crippen molar-refractivity contribution in [2.75, 3.05) is 44.1 Å². The van der Waals surface area contributed by atoms with Gasteiger partial charge in [-0.2, -0.15) is 12.7 Å². The second-order valence-corrected chi connectivity index (χ2v) is 6.29. The molecule has 0 aliphatic carbocycles. The molecular formula is C12H17N3O4S. The first kappa shape index (κ1) is 13.5. The van der Waals surface area contributed by atoms with E-state index in [4.69, 9.17) is 9.47 Å². The molecule has 0 spiro atoms. The zero-order valence-corrected chi connectivity index (χ0v) is 11.8. The van der Waals surface area contributed by atoms with Crippen LogP contribution in [0.1, 0.15) is 0 Å². The molecule has 0 amide bonds. The fourth-order valence-corrected chi connectivity index (χ4v) is 3.42. The summed E-state index contributed by atoms with van der Waals surface area (Å²) in [7, 11) is -3.52. The first-order valence-electron chi connectivity index (χ1n) is 6.53. The van der Waals surface area contributed by atoms with Crippen LogP contribution in [0, 0.1) is 0 Å². The molecule has 3 rings (SSSR count). The normalized spacial score (nSPS) is 19.6. The highest BCUT2D eigenvalue weighted by molar-refractivity contribution is 7.90. The fourth-order valence-electron chi connectivity index (χ4n) is 2.21. The van der Waals surface area contributed by atoms with E-state index < -0.39 is 10.2 Å². The highest BCUT2D eigenvalue weighted by Crippen LogP contribution is 2.33. The van der Waals surface area contributed by atoms with Crippen molar-refractivity contribution in [2.45, 2.75) is 0 Å². The summed E-state index contributed by atoms with van der Waals surface area (Å²) < 4.78 is 39.3. The Morgan fingerprint density at radius 1 is 1.10 bits per heavy atom. The predicted molar refractivity (Wildman–Crippen MR) is 74.4 cm³/mol. The largest absolute Gasteiger partial charge is 0.486 e. The molecule has 2 heterocycles. The Balaban J connectivity index is 1.76. The first-order valence-corrected chi connectivity index (χ1v) is 7.97. The van der Waals surface area contributed by atoms with Gasteiger partial charge in [-0.05, 0) is 12.1 Å². The molecule has 1 aromatic carbocycles. The van der Waals surface area contributed by atoms with Crippen molar-refractivity contribution in [1.29, 1.82) is 0 Å². The van der Waals surface area contributed by atoms with Crippen LogP contribution in [0.5, 0.6) is 11.5 Å². The quantitative estimate of drug-likeness (QED) is 0.822. The van der Waals surface area contributed by atoms with Crippen LogP contribution in [0.15, 0.2) is 18.2 Å². The van der Waals surface area contributed by atoms with Crippen molar-refractivity contribution in [3.05, 3.63) is 18.2 Å². The summed E-state index contributed by atoms with van der Waals surface area (Å²) >= 11 is 0. The van der Waals surface area contributed by atoms with Gasteiger partial charge >= 0.3 is 10.2 Å². The monoisotopic (exact) mass is 299 g/mol. The lowest BCUT2D eigenvalue weighted by Crippen LogP contribution is -2.48. The van der Waals surface area contributed by atoms with Gasteiger partial charge in [0.1, 0.15) is 13.2 Å². The molecule has 7 nitrogen and oxygen atoms in total. The molecule has 1 aromatic rings. The van der Waals surface area contributed by atoms with Crippen molar-refractivity contribution < 1.29 is 17.9 Å². The molecule has 2 aliphatic rings. The van der Waals surface area contributed by atoms with Gasteiger partial charge in [-0.1, -0.05) is 0 Å². The summed E-state index contributed by atoms with van der Waals surface area (Å²) in [5, 5.41) is 3.12. The van der Waals surface area contributed by atoms with Gasteiger partial charge in [-0.15, -0.1) is 0 Å². The minimum atomic E-state index is -3.52. The number of anilines is 1. The molecule has 0 bridgehead atoms. The Morgan fingerprint density at radius 2 is 1.80 bits per heavy atom. The van der Waals surface area contributed by atoms with E-state index in [9.17, 15) is 8.42 Å². The van der Waals surface area contributed by atoms with E-state index in [2.05, 4.69) is 10.0 Å². The van der Waals surface area contributed by atoms with Crippen LogP contribution in [0.4, 0.5) is 5.69 Å². The van der Waals surface area contributed by atoms with Gasteiger partial charge in [-0.25, -0.2) is 0 Å². The van der Waals surface area contributed by atoms with Gasteiger partial charge in [0, 0.05) is 32.2 Å². The van der Waals surface area contributed by atoms with Crippen LogP contribution in [-0.4, -0.2) is 52.1 Å². The number of hydrogen-bond donors (Lipinski definition) is 2. The predicted octanol–water partition coefficient (Wildman–Crippen LogP) is 0.0197. The van der Waals surface area contributed by atoms with Crippen LogP contribution in [0.25, 0.3) is 0 Å². The van der Waals surface area contributed by atoms with E-state index in [-0.39, 0.29) is 0 Å². The SMILES string of the molecule is O=S(=O)(Nc1ccc2c(c1)OCCO2)N1CCNCC1. The highest BCUT2D eigenvalue weighted by Gasteiger charge is 2.24. The van der Waals surface area contributed by atoms with Crippen molar-refractivity contribution >= 4 is 15.9 Å². The Labute approximate surface area is 118 Å². The lowest BCUT2D eigenvalue weighted by atomic mass is 10.3. The highest BCUT2D eigenvalue weighted by atomic mass is 32.2. The van der Waals surface area contributed by atoms with Gasteiger partial charge in [0.2, 0.25) is 0 Å². The Kier molecular flexibility index (Phi) is 3.68. The third-order valence-corrected chi connectivity index (χ3v) is 4.74. The lowest BCUT2D eigenvalue weighted by Gasteiger charge is -2.27.